The first-order valence-corrected chi connectivity index (χ1v) is 7.64. The van der Waals surface area contributed by atoms with Crippen LogP contribution in [0.2, 0.25) is 0 Å². The van der Waals surface area contributed by atoms with Gasteiger partial charge in [0, 0.05) is 25.7 Å². The molecule has 1 N–H and O–H groups in total. The van der Waals surface area contributed by atoms with Gasteiger partial charge < -0.3 is 10.2 Å². The van der Waals surface area contributed by atoms with Crippen LogP contribution in [0.25, 0.3) is 0 Å². The minimum atomic E-state index is -4.19. The quantitative estimate of drug-likeness (QED) is 0.858. The van der Waals surface area contributed by atoms with Gasteiger partial charge in [-0.3, -0.25) is 9.69 Å². The number of piperidine rings is 2. The van der Waals surface area contributed by atoms with E-state index < -0.39 is 12.7 Å². The highest BCUT2D eigenvalue weighted by molar-refractivity contribution is 5.79. The third kappa shape index (κ3) is 4.85. The van der Waals surface area contributed by atoms with Crippen LogP contribution in [-0.4, -0.2) is 67.7 Å². The number of carbonyl (C=O) groups is 1. The molecule has 0 radical (unpaired) electrons. The Morgan fingerprint density at radius 3 is 2.57 bits per heavy atom. The minimum Gasteiger partial charge on any atom is -0.341 e. The van der Waals surface area contributed by atoms with Gasteiger partial charge in [-0.15, -0.1) is 0 Å². The van der Waals surface area contributed by atoms with E-state index in [4.69, 9.17) is 0 Å². The lowest BCUT2D eigenvalue weighted by Crippen LogP contribution is -2.52. The minimum absolute atomic E-state index is 0.0295. The summed E-state index contributed by atoms with van der Waals surface area (Å²) in [4.78, 5) is 15.7. The van der Waals surface area contributed by atoms with E-state index in [0.29, 0.717) is 32.0 Å². The van der Waals surface area contributed by atoms with Crippen molar-refractivity contribution in [2.45, 2.75) is 37.9 Å². The number of hydrogen-bond donors (Lipinski definition) is 1. The van der Waals surface area contributed by atoms with Crippen molar-refractivity contribution < 1.29 is 18.0 Å². The molecule has 4 nitrogen and oxygen atoms in total. The summed E-state index contributed by atoms with van der Waals surface area (Å²) in [7, 11) is 1.88. The molecule has 0 aliphatic carbocycles. The summed E-state index contributed by atoms with van der Waals surface area (Å²) in [6.45, 7) is 1.16. The summed E-state index contributed by atoms with van der Waals surface area (Å²) in [6, 6.07) is 0.303. The number of rotatable bonds is 3. The Hall–Kier alpha value is -0.820. The molecule has 0 spiro atoms. The van der Waals surface area contributed by atoms with Crippen molar-refractivity contribution in [1.82, 2.24) is 15.1 Å². The molecule has 2 atom stereocenters. The Morgan fingerprint density at radius 2 is 1.90 bits per heavy atom. The van der Waals surface area contributed by atoms with Crippen LogP contribution < -0.4 is 5.32 Å². The molecule has 7 heteroatoms. The topological polar surface area (TPSA) is 35.6 Å². The largest absolute Gasteiger partial charge is 0.401 e. The van der Waals surface area contributed by atoms with Gasteiger partial charge in [0.15, 0.2) is 0 Å². The Kier molecular flexibility index (Phi) is 5.48. The highest BCUT2D eigenvalue weighted by atomic mass is 19.4. The van der Waals surface area contributed by atoms with Gasteiger partial charge in [-0.25, -0.2) is 0 Å². The average Bonchev–Trinajstić information content (AvgIpc) is 2.45. The normalized spacial score (nSPS) is 28.7. The number of amides is 1. The maximum Gasteiger partial charge on any atom is 0.401 e. The Labute approximate surface area is 123 Å². The van der Waals surface area contributed by atoms with E-state index in [1.165, 1.54) is 4.90 Å². The number of nitrogens with zero attached hydrogens (tertiary/aromatic N) is 2. The van der Waals surface area contributed by atoms with Gasteiger partial charge in [0.25, 0.3) is 0 Å². The fraction of sp³-hybridized carbons (Fsp3) is 0.929. The molecule has 21 heavy (non-hydrogen) atoms. The van der Waals surface area contributed by atoms with Crippen LogP contribution in [0.5, 0.6) is 0 Å². The van der Waals surface area contributed by atoms with Crippen LogP contribution in [0.4, 0.5) is 13.2 Å². The lowest BCUT2D eigenvalue weighted by Gasteiger charge is -2.38. The predicted octanol–water partition coefficient (Wildman–Crippen LogP) is 1.47. The number of hydrogen-bond acceptors (Lipinski definition) is 3. The van der Waals surface area contributed by atoms with E-state index in [9.17, 15) is 18.0 Å². The van der Waals surface area contributed by atoms with Crippen LogP contribution in [0, 0.1) is 5.92 Å². The van der Waals surface area contributed by atoms with Gasteiger partial charge in [-0.05, 0) is 39.3 Å². The average molecular weight is 307 g/mol. The van der Waals surface area contributed by atoms with Crippen LogP contribution in [-0.2, 0) is 4.79 Å². The molecule has 0 bridgehead atoms. The lowest BCUT2D eigenvalue weighted by molar-refractivity contribution is -0.155. The summed E-state index contributed by atoms with van der Waals surface area (Å²) < 4.78 is 37.4. The molecule has 2 aliphatic heterocycles. The second kappa shape index (κ2) is 6.96. The van der Waals surface area contributed by atoms with Gasteiger partial charge in [0.2, 0.25) is 5.91 Å². The van der Waals surface area contributed by atoms with Crippen molar-refractivity contribution in [3.63, 3.8) is 0 Å². The number of nitrogens with one attached hydrogen (secondary N) is 1. The Balaban J connectivity index is 1.89. The van der Waals surface area contributed by atoms with Gasteiger partial charge in [-0.1, -0.05) is 0 Å². The van der Waals surface area contributed by atoms with Crippen molar-refractivity contribution in [3.05, 3.63) is 0 Å². The number of likely N-dealkylation sites (N-methyl/N-ethyl adjacent to an activating group) is 1. The van der Waals surface area contributed by atoms with E-state index in [1.54, 1.807) is 0 Å². The molecule has 2 aliphatic rings. The van der Waals surface area contributed by atoms with E-state index in [-0.39, 0.29) is 18.4 Å². The molecular weight excluding hydrogens is 283 g/mol. The summed E-state index contributed by atoms with van der Waals surface area (Å²) in [5.41, 5.74) is 0. The molecular formula is C14H24F3N3O. The standard InChI is InChI=1S/C14H24F3N3O/c1-18-12-5-3-7-20(9-12)13(21)11-4-2-6-19(8-11)10-14(15,16)17/h11-12,18H,2-10H2,1H3. The molecule has 2 saturated heterocycles. The number of halogens is 3. The molecule has 1 amide bonds. The van der Waals surface area contributed by atoms with E-state index in [0.717, 1.165) is 19.4 Å². The third-order valence-corrected chi connectivity index (χ3v) is 4.40. The van der Waals surface area contributed by atoms with Gasteiger partial charge >= 0.3 is 6.18 Å². The van der Waals surface area contributed by atoms with Crippen LogP contribution in [0.15, 0.2) is 0 Å². The smallest absolute Gasteiger partial charge is 0.341 e. The monoisotopic (exact) mass is 307 g/mol. The molecule has 2 unspecified atom stereocenters. The highest BCUT2D eigenvalue weighted by Gasteiger charge is 2.36. The fourth-order valence-electron chi connectivity index (χ4n) is 3.33. The zero-order valence-electron chi connectivity index (χ0n) is 12.5. The number of alkyl halides is 3. The molecule has 2 heterocycles. The molecule has 122 valence electrons. The summed E-state index contributed by atoms with van der Waals surface area (Å²) >= 11 is 0. The summed E-state index contributed by atoms with van der Waals surface area (Å²) in [6.07, 6.45) is -0.821. The molecule has 0 aromatic heterocycles. The first-order valence-electron chi connectivity index (χ1n) is 7.64. The second-order valence-electron chi connectivity index (χ2n) is 6.10. The maximum atomic E-state index is 12.5. The van der Waals surface area contributed by atoms with E-state index in [1.807, 2.05) is 11.9 Å². The zero-order chi connectivity index (χ0) is 15.5. The molecule has 0 aromatic carbocycles. The van der Waals surface area contributed by atoms with Crippen molar-refractivity contribution in [1.29, 1.82) is 0 Å². The third-order valence-electron chi connectivity index (χ3n) is 4.40. The molecule has 2 rings (SSSR count). The van der Waals surface area contributed by atoms with Crippen molar-refractivity contribution >= 4 is 5.91 Å². The number of likely N-dealkylation sites (tertiary alicyclic amines) is 2. The van der Waals surface area contributed by atoms with Gasteiger partial charge in [-0.2, -0.15) is 13.2 Å². The van der Waals surface area contributed by atoms with E-state index in [2.05, 4.69) is 5.32 Å². The predicted molar refractivity (Wildman–Crippen MR) is 73.9 cm³/mol. The Morgan fingerprint density at radius 1 is 1.19 bits per heavy atom. The van der Waals surface area contributed by atoms with Crippen LogP contribution in [0.1, 0.15) is 25.7 Å². The Bertz CT molecular complexity index is 362. The van der Waals surface area contributed by atoms with Crippen LogP contribution in [0.3, 0.4) is 0 Å². The molecule has 0 saturated carbocycles. The first kappa shape index (κ1) is 16.5. The van der Waals surface area contributed by atoms with Crippen LogP contribution >= 0.6 is 0 Å². The first-order chi connectivity index (χ1) is 9.89. The van der Waals surface area contributed by atoms with Crippen molar-refractivity contribution in [2.75, 3.05) is 39.8 Å². The second-order valence-corrected chi connectivity index (χ2v) is 6.10. The number of carbonyl (C=O) groups excluding carboxylic acids is 1. The lowest BCUT2D eigenvalue weighted by atomic mass is 9.95. The fourth-order valence-corrected chi connectivity index (χ4v) is 3.33. The SMILES string of the molecule is CNC1CCCN(C(=O)C2CCCN(CC(F)(F)F)C2)C1. The van der Waals surface area contributed by atoms with Crippen molar-refractivity contribution in [2.24, 2.45) is 5.92 Å². The maximum absolute atomic E-state index is 12.5. The molecule has 2 fully saturated rings. The van der Waals surface area contributed by atoms with E-state index >= 15 is 0 Å². The van der Waals surface area contributed by atoms with Gasteiger partial charge in [0.05, 0.1) is 12.5 Å². The van der Waals surface area contributed by atoms with Crippen molar-refractivity contribution in [3.8, 4) is 0 Å². The van der Waals surface area contributed by atoms with Gasteiger partial charge in [0.1, 0.15) is 0 Å². The highest BCUT2D eigenvalue weighted by Crippen LogP contribution is 2.24. The molecule has 0 aromatic rings. The summed E-state index contributed by atoms with van der Waals surface area (Å²) in [5.74, 6) is -0.251. The zero-order valence-corrected chi connectivity index (χ0v) is 12.5. The summed E-state index contributed by atoms with van der Waals surface area (Å²) in [5, 5.41) is 3.18.